The van der Waals surface area contributed by atoms with Crippen LogP contribution in [0.5, 0.6) is 0 Å². The standard InChI is InChI=1S/C12H16F3N/c1-3-8(2)9-4-6-10(7-5-9)11(16)12(13,14)15/h4-8,11H,3,16H2,1-2H3/t8?,11-/m1/s1. The Kier molecular flexibility index (Phi) is 3.97. The van der Waals surface area contributed by atoms with Crippen LogP contribution in [0.2, 0.25) is 0 Å². The van der Waals surface area contributed by atoms with E-state index in [4.69, 9.17) is 5.73 Å². The predicted molar refractivity (Wildman–Crippen MR) is 58.1 cm³/mol. The molecule has 0 saturated carbocycles. The SMILES string of the molecule is CCC(C)c1ccc([C@@H](N)C(F)(F)F)cc1. The van der Waals surface area contributed by atoms with E-state index in [2.05, 4.69) is 0 Å². The Morgan fingerprint density at radius 1 is 1.12 bits per heavy atom. The normalized spacial score (nSPS) is 15.9. The molecule has 1 aromatic rings. The first kappa shape index (κ1) is 13.0. The number of benzene rings is 1. The maximum atomic E-state index is 12.3. The zero-order chi connectivity index (χ0) is 12.3. The molecule has 0 aliphatic heterocycles. The first-order valence-corrected chi connectivity index (χ1v) is 5.28. The lowest BCUT2D eigenvalue weighted by Crippen LogP contribution is -2.28. The molecule has 0 aliphatic rings. The van der Waals surface area contributed by atoms with Crippen LogP contribution in [0.1, 0.15) is 43.4 Å². The van der Waals surface area contributed by atoms with E-state index in [1.54, 1.807) is 12.1 Å². The highest BCUT2D eigenvalue weighted by Crippen LogP contribution is 2.31. The van der Waals surface area contributed by atoms with Gasteiger partial charge in [-0.15, -0.1) is 0 Å². The van der Waals surface area contributed by atoms with E-state index < -0.39 is 12.2 Å². The van der Waals surface area contributed by atoms with Gasteiger partial charge in [0.1, 0.15) is 6.04 Å². The van der Waals surface area contributed by atoms with Crippen molar-refractivity contribution in [2.24, 2.45) is 5.73 Å². The molecule has 0 spiro atoms. The summed E-state index contributed by atoms with van der Waals surface area (Å²) in [4.78, 5) is 0. The van der Waals surface area contributed by atoms with Crippen LogP contribution < -0.4 is 5.73 Å². The predicted octanol–water partition coefficient (Wildman–Crippen LogP) is 3.76. The fourth-order valence-electron chi connectivity index (χ4n) is 1.46. The highest BCUT2D eigenvalue weighted by Gasteiger charge is 2.37. The van der Waals surface area contributed by atoms with Crippen LogP contribution >= 0.6 is 0 Å². The van der Waals surface area contributed by atoms with Crippen LogP contribution in [0, 0.1) is 0 Å². The van der Waals surface area contributed by atoms with Crippen LogP contribution in [0.3, 0.4) is 0 Å². The largest absolute Gasteiger partial charge is 0.407 e. The third kappa shape index (κ3) is 2.98. The highest BCUT2D eigenvalue weighted by molar-refractivity contribution is 5.27. The van der Waals surface area contributed by atoms with Gasteiger partial charge in [0.15, 0.2) is 0 Å². The molecule has 1 nitrogen and oxygen atoms in total. The van der Waals surface area contributed by atoms with Crippen LogP contribution in [0.4, 0.5) is 13.2 Å². The van der Waals surface area contributed by atoms with E-state index in [1.807, 2.05) is 13.8 Å². The number of nitrogens with two attached hydrogens (primary N) is 1. The van der Waals surface area contributed by atoms with Crippen molar-refractivity contribution >= 4 is 0 Å². The minimum Gasteiger partial charge on any atom is -0.316 e. The molecular formula is C12H16F3N. The van der Waals surface area contributed by atoms with E-state index in [1.165, 1.54) is 12.1 Å². The van der Waals surface area contributed by atoms with Gasteiger partial charge >= 0.3 is 6.18 Å². The van der Waals surface area contributed by atoms with Crippen molar-refractivity contribution in [1.29, 1.82) is 0 Å². The number of rotatable bonds is 3. The Labute approximate surface area is 93.5 Å². The molecule has 0 fully saturated rings. The second-order valence-corrected chi connectivity index (χ2v) is 4.00. The molecule has 0 bridgehead atoms. The second-order valence-electron chi connectivity index (χ2n) is 4.00. The van der Waals surface area contributed by atoms with Crippen molar-refractivity contribution in [2.75, 3.05) is 0 Å². The van der Waals surface area contributed by atoms with Crippen molar-refractivity contribution in [1.82, 2.24) is 0 Å². The van der Waals surface area contributed by atoms with Crippen LogP contribution in [-0.2, 0) is 0 Å². The number of hydrogen-bond acceptors (Lipinski definition) is 1. The Balaban J connectivity index is 2.87. The van der Waals surface area contributed by atoms with Crippen LogP contribution in [0.25, 0.3) is 0 Å². The van der Waals surface area contributed by atoms with Gasteiger partial charge in [-0.2, -0.15) is 13.2 Å². The molecule has 16 heavy (non-hydrogen) atoms. The molecule has 0 aromatic heterocycles. The van der Waals surface area contributed by atoms with Gasteiger partial charge in [0.2, 0.25) is 0 Å². The topological polar surface area (TPSA) is 26.0 Å². The zero-order valence-electron chi connectivity index (χ0n) is 9.38. The Hall–Kier alpha value is -1.03. The molecule has 0 radical (unpaired) electrons. The first-order chi connectivity index (χ1) is 7.36. The van der Waals surface area contributed by atoms with Gasteiger partial charge in [-0.05, 0) is 23.5 Å². The fraction of sp³-hybridized carbons (Fsp3) is 0.500. The summed E-state index contributed by atoms with van der Waals surface area (Å²) < 4.78 is 37.0. The minimum atomic E-state index is -4.38. The summed E-state index contributed by atoms with van der Waals surface area (Å²) in [6.07, 6.45) is -3.41. The van der Waals surface area contributed by atoms with Gasteiger partial charge in [-0.25, -0.2) is 0 Å². The van der Waals surface area contributed by atoms with Crippen molar-refractivity contribution in [3.63, 3.8) is 0 Å². The smallest absolute Gasteiger partial charge is 0.316 e. The van der Waals surface area contributed by atoms with Crippen molar-refractivity contribution in [3.05, 3.63) is 35.4 Å². The summed E-state index contributed by atoms with van der Waals surface area (Å²) in [5.74, 6) is 0.358. The van der Waals surface area contributed by atoms with Crippen LogP contribution in [0.15, 0.2) is 24.3 Å². The van der Waals surface area contributed by atoms with Gasteiger partial charge in [-0.1, -0.05) is 38.1 Å². The van der Waals surface area contributed by atoms with Crippen molar-refractivity contribution in [2.45, 2.75) is 38.4 Å². The summed E-state index contributed by atoms with van der Waals surface area (Å²) in [6, 6.07) is 4.46. The Bertz CT molecular complexity index is 329. The first-order valence-electron chi connectivity index (χ1n) is 5.28. The van der Waals surface area contributed by atoms with Gasteiger partial charge in [0.05, 0.1) is 0 Å². The summed E-state index contributed by atoms with van der Waals surface area (Å²) in [5, 5.41) is 0. The van der Waals surface area contributed by atoms with Gasteiger partial charge in [-0.3, -0.25) is 0 Å². The number of hydrogen-bond donors (Lipinski definition) is 1. The van der Waals surface area contributed by atoms with Gasteiger partial charge < -0.3 is 5.73 Å². The highest BCUT2D eigenvalue weighted by atomic mass is 19.4. The van der Waals surface area contributed by atoms with E-state index in [0.29, 0.717) is 5.92 Å². The van der Waals surface area contributed by atoms with Gasteiger partial charge in [0.25, 0.3) is 0 Å². The molecule has 1 aromatic carbocycles. The molecule has 1 unspecified atom stereocenters. The molecule has 2 N–H and O–H groups in total. The zero-order valence-corrected chi connectivity index (χ0v) is 9.38. The molecule has 0 aliphatic carbocycles. The maximum absolute atomic E-state index is 12.3. The number of alkyl halides is 3. The third-order valence-electron chi connectivity index (χ3n) is 2.83. The summed E-state index contributed by atoms with van der Waals surface area (Å²) in [5.41, 5.74) is 6.26. The lowest BCUT2D eigenvalue weighted by atomic mass is 9.96. The average molecular weight is 231 g/mol. The third-order valence-corrected chi connectivity index (χ3v) is 2.83. The molecule has 2 atom stereocenters. The lowest BCUT2D eigenvalue weighted by molar-refractivity contribution is -0.149. The molecular weight excluding hydrogens is 215 g/mol. The quantitative estimate of drug-likeness (QED) is 0.842. The van der Waals surface area contributed by atoms with E-state index in [9.17, 15) is 13.2 Å². The number of halogens is 3. The van der Waals surface area contributed by atoms with E-state index in [-0.39, 0.29) is 5.56 Å². The average Bonchev–Trinajstić information content (AvgIpc) is 2.26. The monoisotopic (exact) mass is 231 g/mol. The van der Waals surface area contributed by atoms with Crippen molar-refractivity contribution < 1.29 is 13.2 Å². The minimum absolute atomic E-state index is 0.111. The Morgan fingerprint density at radius 2 is 1.56 bits per heavy atom. The molecule has 0 heterocycles. The molecule has 0 amide bonds. The summed E-state index contributed by atoms with van der Waals surface area (Å²) >= 11 is 0. The molecule has 90 valence electrons. The second kappa shape index (κ2) is 4.87. The summed E-state index contributed by atoms with van der Waals surface area (Å²) in [6.45, 7) is 4.08. The van der Waals surface area contributed by atoms with Crippen LogP contribution in [-0.4, -0.2) is 6.18 Å². The molecule has 0 saturated heterocycles. The fourth-order valence-corrected chi connectivity index (χ4v) is 1.46. The van der Waals surface area contributed by atoms with Crippen molar-refractivity contribution in [3.8, 4) is 0 Å². The summed E-state index contributed by atoms with van der Waals surface area (Å²) in [7, 11) is 0. The maximum Gasteiger partial charge on any atom is 0.407 e. The molecule has 4 heteroatoms. The Morgan fingerprint density at radius 3 is 1.94 bits per heavy atom. The van der Waals surface area contributed by atoms with E-state index >= 15 is 0 Å². The van der Waals surface area contributed by atoms with E-state index in [0.717, 1.165) is 12.0 Å². The van der Waals surface area contributed by atoms with Gasteiger partial charge in [0, 0.05) is 0 Å². The lowest BCUT2D eigenvalue weighted by Gasteiger charge is -2.17. The molecule has 1 rings (SSSR count).